The molecule has 3 amide bonds. The number of ether oxygens (including phenoxy) is 2. The van der Waals surface area contributed by atoms with Gasteiger partial charge in [-0.15, -0.1) is 0 Å². The molecule has 2 aromatic rings. The predicted molar refractivity (Wildman–Crippen MR) is 129 cm³/mol. The number of hydrogen-bond acceptors (Lipinski definition) is 6. The maximum Gasteiger partial charge on any atom is 0.294 e. The molecule has 0 unspecified atom stereocenters. The molecule has 3 rings (SSSR count). The van der Waals surface area contributed by atoms with Crippen molar-refractivity contribution in [2.75, 3.05) is 25.1 Å². The number of anilines is 1. The van der Waals surface area contributed by atoms with Crippen LogP contribution < -0.4 is 14.8 Å². The van der Waals surface area contributed by atoms with Gasteiger partial charge in [0.25, 0.3) is 11.1 Å². The van der Waals surface area contributed by atoms with E-state index in [4.69, 9.17) is 9.47 Å². The number of hydrogen-bond donors (Lipinski definition) is 1. The minimum absolute atomic E-state index is 0.233. The van der Waals surface area contributed by atoms with Gasteiger partial charge in [0.15, 0.2) is 0 Å². The van der Waals surface area contributed by atoms with E-state index in [0.29, 0.717) is 36.0 Å². The van der Waals surface area contributed by atoms with Crippen molar-refractivity contribution in [3.8, 4) is 11.5 Å². The van der Waals surface area contributed by atoms with E-state index in [1.165, 1.54) is 0 Å². The zero-order chi connectivity index (χ0) is 22.4. The number of amides is 3. The van der Waals surface area contributed by atoms with Crippen molar-refractivity contribution in [2.24, 2.45) is 0 Å². The molecule has 0 bridgehead atoms. The van der Waals surface area contributed by atoms with Crippen LogP contribution in [-0.2, 0) is 9.59 Å². The van der Waals surface area contributed by atoms with Gasteiger partial charge in [0.05, 0.1) is 18.1 Å². The first-order chi connectivity index (χ1) is 14.9. The molecule has 1 aliphatic heterocycles. The van der Waals surface area contributed by atoms with Crippen LogP contribution in [0.3, 0.4) is 0 Å². The Balaban J connectivity index is 1.74. The third-order valence-electron chi connectivity index (χ3n) is 4.19. The van der Waals surface area contributed by atoms with Crippen LogP contribution in [0.1, 0.15) is 19.4 Å². The van der Waals surface area contributed by atoms with Crippen LogP contribution in [0.4, 0.5) is 10.5 Å². The van der Waals surface area contributed by atoms with E-state index in [1.807, 2.05) is 26.0 Å². The number of nitrogens with zero attached hydrogens (tertiary/aromatic N) is 1. The third kappa shape index (κ3) is 6.01. The standard InChI is InChI=1S/C22H21IN2O5S/c1-3-29-17-10-5-14(18(12-17)30-4-2)11-19-21(27)25(22(28)31-19)13-20(26)24-16-8-6-15(23)7-9-16/h5-12H,3-4,13H2,1-2H3,(H,24,26)/b19-11+. The minimum atomic E-state index is -0.510. The lowest BCUT2D eigenvalue weighted by Gasteiger charge is -2.13. The maximum absolute atomic E-state index is 12.8. The summed E-state index contributed by atoms with van der Waals surface area (Å²) >= 11 is 2.96. The highest BCUT2D eigenvalue weighted by Gasteiger charge is 2.36. The van der Waals surface area contributed by atoms with Crippen molar-refractivity contribution < 1.29 is 23.9 Å². The summed E-state index contributed by atoms with van der Waals surface area (Å²) in [7, 11) is 0. The fraction of sp³-hybridized carbons (Fsp3) is 0.227. The molecule has 0 aliphatic carbocycles. The second-order valence-electron chi connectivity index (χ2n) is 6.39. The molecule has 0 atom stereocenters. The number of rotatable bonds is 8. The largest absolute Gasteiger partial charge is 0.494 e. The first-order valence-corrected chi connectivity index (χ1v) is 11.5. The van der Waals surface area contributed by atoms with Crippen molar-refractivity contribution in [1.82, 2.24) is 4.90 Å². The lowest BCUT2D eigenvalue weighted by atomic mass is 10.1. The molecule has 0 aromatic heterocycles. The lowest BCUT2D eigenvalue weighted by Crippen LogP contribution is -2.36. The van der Waals surface area contributed by atoms with E-state index in [9.17, 15) is 14.4 Å². The number of benzene rings is 2. The summed E-state index contributed by atoms with van der Waals surface area (Å²) in [5.41, 5.74) is 1.25. The van der Waals surface area contributed by atoms with Crippen molar-refractivity contribution >= 4 is 63.2 Å². The van der Waals surface area contributed by atoms with E-state index in [1.54, 1.807) is 36.4 Å². The van der Waals surface area contributed by atoms with Crippen LogP contribution in [0.2, 0.25) is 0 Å². The van der Waals surface area contributed by atoms with Gasteiger partial charge in [-0.25, -0.2) is 0 Å². The Morgan fingerprint density at radius 1 is 1.10 bits per heavy atom. The van der Waals surface area contributed by atoms with Crippen molar-refractivity contribution in [1.29, 1.82) is 0 Å². The number of carbonyl (C=O) groups excluding carboxylic acids is 3. The Bertz CT molecular complexity index is 1020. The number of nitrogens with one attached hydrogen (secondary N) is 1. The summed E-state index contributed by atoms with van der Waals surface area (Å²) in [5.74, 6) is 0.255. The van der Waals surface area contributed by atoms with Crippen LogP contribution >= 0.6 is 34.4 Å². The van der Waals surface area contributed by atoms with Gasteiger partial charge in [-0.1, -0.05) is 0 Å². The number of imide groups is 1. The smallest absolute Gasteiger partial charge is 0.294 e. The summed E-state index contributed by atoms with van der Waals surface area (Å²) in [5, 5.41) is 2.21. The van der Waals surface area contributed by atoms with Crippen LogP contribution in [0, 0.1) is 3.57 Å². The van der Waals surface area contributed by atoms with Crippen molar-refractivity contribution in [2.45, 2.75) is 13.8 Å². The zero-order valence-corrected chi connectivity index (χ0v) is 20.0. The second kappa shape index (κ2) is 10.7. The SMILES string of the molecule is CCOc1ccc(/C=C2/SC(=O)N(CC(=O)Nc3ccc(I)cc3)C2=O)c(OCC)c1. The van der Waals surface area contributed by atoms with Gasteiger partial charge in [-0.2, -0.15) is 0 Å². The summed E-state index contributed by atoms with van der Waals surface area (Å²) < 4.78 is 12.2. The molecule has 0 radical (unpaired) electrons. The molecule has 31 heavy (non-hydrogen) atoms. The van der Waals surface area contributed by atoms with E-state index in [2.05, 4.69) is 27.9 Å². The normalized spacial score (nSPS) is 14.8. The molecule has 162 valence electrons. The first-order valence-electron chi connectivity index (χ1n) is 9.61. The molecule has 1 fully saturated rings. The fourth-order valence-corrected chi connectivity index (χ4v) is 4.01. The lowest BCUT2D eigenvalue weighted by molar-refractivity contribution is -0.127. The molecule has 7 nitrogen and oxygen atoms in total. The van der Waals surface area contributed by atoms with Gasteiger partial charge in [0.1, 0.15) is 18.0 Å². The number of carbonyl (C=O) groups is 3. The third-order valence-corrected chi connectivity index (χ3v) is 5.81. The average Bonchev–Trinajstić information content (AvgIpc) is 2.99. The summed E-state index contributed by atoms with van der Waals surface area (Å²) in [4.78, 5) is 38.6. The minimum Gasteiger partial charge on any atom is -0.494 e. The number of thioether (sulfide) groups is 1. The van der Waals surface area contributed by atoms with Gasteiger partial charge >= 0.3 is 0 Å². The number of halogens is 1. The molecule has 9 heteroatoms. The highest BCUT2D eigenvalue weighted by molar-refractivity contribution is 14.1. The van der Waals surface area contributed by atoms with E-state index >= 15 is 0 Å². The highest BCUT2D eigenvalue weighted by Crippen LogP contribution is 2.35. The van der Waals surface area contributed by atoms with Crippen LogP contribution in [0.25, 0.3) is 6.08 Å². The van der Waals surface area contributed by atoms with Gasteiger partial charge < -0.3 is 14.8 Å². The Kier molecular flexibility index (Phi) is 7.97. The van der Waals surface area contributed by atoms with E-state index in [-0.39, 0.29) is 11.4 Å². The summed E-state index contributed by atoms with van der Waals surface area (Å²) in [6.45, 7) is 4.36. The molecule has 0 spiro atoms. The van der Waals surface area contributed by atoms with Gasteiger partial charge in [0, 0.05) is 20.9 Å². The van der Waals surface area contributed by atoms with E-state index < -0.39 is 17.1 Å². The van der Waals surface area contributed by atoms with Crippen LogP contribution in [-0.4, -0.2) is 41.7 Å². The molecule has 1 N–H and O–H groups in total. The topological polar surface area (TPSA) is 84.9 Å². The molecule has 2 aromatic carbocycles. The molecule has 1 heterocycles. The van der Waals surface area contributed by atoms with Gasteiger partial charge in [0.2, 0.25) is 5.91 Å². The van der Waals surface area contributed by atoms with Gasteiger partial charge in [-0.05, 0) is 90.7 Å². The Hall–Kier alpha value is -2.53. The fourth-order valence-electron chi connectivity index (χ4n) is 2.83. The summed E-state index contributed by atoms with van der Waals surface area (Å²) in [6.07, 6.45) is 1.60. The van der Waals surface area contributed by atoms with Gasteiger partial charge in [-0.3, -0.25) is 19.3 Å². The van der Waals surface area contributed by atoms with E-state index in [0.717, 1.165) is 20.2 Å². The summed E-state index contributed by atoms with van der Waals surface area (Å²) in [6, 6.07) is 12.5. The van der Waals surface area contributed by atoms with Crippen LogP contribution in [0.5, 0.6) is 11.5 Å². The molecular weight excluding hydrogens is 531 g/mol. The molecular formula is C22H21IN2O5S. The quantitative estimate of drug-likeness (QED) is 0.376. The second-order valence-corrected chi connectivity index (χ2v) is 8.63. The monoisotopic (exact) mass is 552 g/mol. The Morgan fingerprint density at radius 2 is 1.81 bits per heavy atom. The molecule has 1 saturated heterocycles. The predicted octanol–water partition coefficient (Wildman–Crippen LogP) is 4.76. The van der Waals surface area contributed by atoms with Crippen LogP contribution in [0.15, 0.2) is 47.4 Å². The molecule has 1 aliphatic rings. The average molecular weight is 552 g/mol. The van der Waals surface area contributed by atoms with Crippen molar-refractivity contribution in [3.05, 3.63) is 56.5 Å². The zero-order valence-electron chi connectivity index (χ0n) is 17.0. The first kappa shape index (κ1) is 23.1. The maximum atomic E-state index is 12.8. The Labute approximate surface area is 198 Å². The highest BCUT2D eigenvalue weighted by atomic mass is 127. The Morgan fingerprint density at radius 3 is 2.48 bits per heavy atom. The molecule has 0 saturated carbocycles. The van der Waals surface area contributed by atoms with Crippen molar-refractivity contribution in [3.63, 3.8) is 0 Å².